The van der Waals surface area contributed by atoms with Crippen molar-refractivity contribution in [2.45, 2.75) is 19.9 Å². The number of ether oxygens (including phenoxy) is 1. The van der Waals surface area contributed by atoms with Crippen molar-refractivity contribution in [2.75, 3.05) is 31.2 Å². The molecule has 2 aromatic rings. The highest BCUT2D eigenvalue weighted by atomic mass is 32.1. The first kappa shape index (κ1) is 19.3. The fraction of sp³-hybridized carbons (Fsp3) is 0.421. The molecule has 0 saturated carbocycles. The second-order valence-corrected chi connectivity index (χ2v) is 7.75. The summed E-state index contributed by atoms with van der Waals surface area (Å²) in [5, 5.41) is 16.6. The van der Waals surface area contributed by atoms with Crippen molar-refractivity contribution in [1.29, 1.82) is 0 Å². The summed E-state index contributed by atoms with van der Waals surface area (Å²) in [6, 6.07) is 8.48. The van der Waals surface area contributed by atoms with Gasteiger partial charge in [0.2, 0.25) is 0 Å². The van der Waals surface area contributed by atoms with Crippen molar-refractivity contribution in [1.82, 2.24) is 5.32 Å². The van der Waals surface area contributed by atoms with Crippen LogP contribution in [-0.2, 0) is 4.74 Å². The molecule has 1 fully saturated rings. The Hall–Kier alpha value is -2.45. The van der Waals surface area contributed by atoms with Crippen LogP contribution in [0.2, 0.25) is 0 Å². The Morgan fingerprint density at radius 2 is 2.04 bits per heavy atom. The first-order valence-corrected chi connectivity index (χ1v) is 9.80. The molecule has 27 heavy (non-hydrogen) atoms. The van der Waals surface area contributed by atoms with Gasteiger partial charge >= 0.3 is 0 Å². The molecule has 1 saturated heterocycles. The zero-order chi connectivity index (χ0) is 19.4. The summed E-state index contributed by atoms with van der Waals surface area (Å²) in [7, 11) is 0. The average molecular weight is 389 g/mol. The molecular formula is C19H23N3O4S. The predicted octanol–water partition coefficient (Wildman–Crippen LogP) is 3.62. The Morgan fingerprint density at radius 1 is 1.30 bits per heavy atom. The average Bonchev–Trinajstić information content (AvgIpc) is 3.20. The first-order valence-electron chi connectivity index (χ1n) is 8.92. The van der Waals surface area contributed by atoms with Crippen molar-refractivity contribution in [3.05, 3.63) is 56.3 Å². The third-order valence-electron chi connectivity index (χ3n) is 4.59. The summed E-state index contributed by atoms with van der Waals surface area (Å²) in [5.74, 6) is -0.103. The Balaban J connectivity index is 1.84. The Bertz CT molecular complexity index is 801. The van der Waals surface area contributed by atoms with Crippen molar-refractivity contribution in [3.63, 3.8) is 0 Å². The maximum Gasteiger partial charge on any atom is 0.293 e. The van der Waals surface area contributed by atoms with E-state index in [0.29, 0.717) is 37.6 Å². The van der Waals surface area contributed by atoms with Gasteiger partial charge in [-0.25, -0.2) is 0 Å². The van der Waals surface area contributed by atoms with Gasteiger partial charge in [-0.2, -0.15) is 0 Å². The Kier molecular flexibility index (Phi) is 6.08. The predicted molar refractivity (Wildman–Crippen MR) is 105 cm³/mol. The number of thiophene rings is 1. The molecule has 7 nitrogen and oxygen atoms in total. The van der Waals surface area contributed by atoms with Crippen LogP contribution in [0.1, 0.15) is 35.1 Å². The van der Waals surface area contributed by atoms with Crippen molar-refractivity contribution in [2.24, 2.45) is 5.92 Å². The maximum absolute atomic E-state index is 12.8. The minimum Gasteiger partial charge on any atom is -0.378 e. The van der Waals surface area contributed by atoms with Crippen molar-refractivity contribution >= 4 is 28.6 Å². The number of amides is 1. The van der Waals surface area contributed by atoms with Crippen LogP contribution in [0.15, 0.2) is 35.7 Å². The van der Waals surface area contributed by atoms with E-state index in [9.17, 15) is 14.9 Å². The van der Waals surface area contributed by atoms with Gasteiger partial charge in [-0.3, -0.25) is 14.9 Å². The van der Waals surface area contributed by atoms with Crippen LogP contribution in [0.25, 0.3) is 0 Å². The summed E-state index contributed by atoms with van der Waals surface area (Å²) < 4.78 is 5.31. The van der Waals surface area contributed by atoms with Crippen LogP contribution < -0.4 is 10.2 Å². The smallest absolute Gasteiger partial charge is 0.293 e. The maximum atomic E-state index is 12.8. The van der Waals surface area contributed by atoms with Crippen molar-refractivity contribution in [3.8, 4) is 0 Å². The molecular weight excluding hydrogens is 366 g/mol. The van der Waals surface area contributed by atoms with E-state index in [0.717, 1.165) is 4.88 Å². The number of nitro groups is 1. The van der Waals surface area contributed by atoms with Gasteiger partial charge in [0.25, 0.3) is 11.6 Å². The fourth-order valence-electron chi connectivity index (χ4n) is 3.14. The van der Waals surface area contributed by atoms with E-state index in [4.69, 9.17) is 4.74 Å². The number of morpholine rings is 1. The third-order valence-corrected chi connectivity index (χ3v) is 5.54. The molecule has 2 heterocycles. The van der Waals surface area contributed by atoms with Gasteiger partial charge in [0.05, 0.1) is 24.2 Å². The number of hydrogen-bond donors (Lipinski definition) is 1. The molecule has 1 amide bonds. The number of carbonyl (C=O) groups excluding carboxylic acids is 1. The molecule has 1 atom stereocenters. The van der Waals surface area contributed by atoms with Gasteiger partial charge in [-0.1, -0.05) is 19.9 Å². The van der Waals surface area contributed by atoms with Crippen LogP contribution in [0.3, 0.4) is 0 Å². The number of nitro benzene ring substituents is 1. The molecule has 0 spiro atoms. The van der Waals surface area contributed by atoms with Crippen LogP contribution in [0, 0.1) is 16.0 Å². The van der Waals surface area contributed by atoms with Crippen LogP contribution in [0.4, 0.5) is 11.4 Å². The molecule has 0 unspecified atom stereocenters. The molecule has 1 aromatic heterocycles. The minimum atomic E-state index is -0.430. The zero-order valence-corrected chi connectivity index (χ0v) is 16.2. The fourth-order valence-corrected chi connectivity index (χ4v) is 4.09. The van der Waals surface area contributed by atoms with E-state index in [1.54, 1.807) is 23.5 Å². The van der Waals surface area contributed by atoms with Crippen LogP contribution >= 0.6 is 11.3 Å². The van der Waals surface area contributed by atoms with E-state index in [2.05, 4.69) is 5.32 Å². The molecule has 0 bridgehead atoms. The second-order valence-electron chi connectivity index (χ2n) is 6.77. The van der Waals surface area contributed by atoms with E-state index in [1.807, 2.05) is 36.3 Å². The summed E-state index contributed by atoms with van der Waals surface area (Å²) in [4.78, 5) is 26.9. The monoisotopic (exact) mass is 389 g/mol. The zero-order valence-electron chi connectivity index (χ0n) is 15.4. The molecule has 0 aliphatic carbocycles. The minimum absolute atomic E-state index is 0.0539. The summed E-state index contributed by atoms with van der Waals surface area (Å²) in [5.41, 5.74) is 0.765. The number of rotatable bonds is 6. The van der Waals surface area contributed by atoms with Gasteiger partial charge < -0.3 is 15.0 Å². The molecule has 1 aliphatic heterocycles. The van der Waals surface area contributed by atoms with Gasteiger partial charge in [-0.05, 0) is 29.5 Å². The first-order chi connectivity index (χ1) is 13.0. The summed E-state index contributed by atoms with van der Waals surface area (Å²) in [6.07, 6.45) is 0. The van der Waals surface area contributed by atoms with Gasteiger partial charge in [0, 0.05) is 29.6 Å². The highest BCUT2D eigenvalue weighted by Gasteiger charge is 2.25. The number of carbonyl (C=O) groups is 1. The molecule has 3 rings (SSSR count). The van der Waals surface area contributed by atoms with Crippen LogP contribution in [-0.4, -0.2) is 37.1 Å². The summed E-state index contributed by atoms with van der Waals surface area (Å²) in [6.45, 7) is 6.34. The lowest BCUT2D eigenvalue weighted by molar-refractivity contribution is -0.384. The quantitative estimate of drug-likeness (QED) is 0.602. The largest absolute Gasteiger partial charge is 0.378 e. The van der Waals surface area contributed by atoms with Gasteiger partial charge in [-0.15, -0.1) is 11.3 Å². The highest BCUT2D eigenvalue weighted by molar-refractivity contribution is 7.10. The molecule has 0 radical (unpaired) electrons. The van der Waals surface area contributed by atoms with Crippen LogP contribution in [0.5, 0.6) is 0 Å². The van der Waals surface area contributed by atoms with Gasteiger partial charge in [0.15, 0.2) is 0 Å². The van der Waals surface area contributed by atoms with Gasteiger partial charge in [0.1, 0.15) is 5.69 Å². The normalized spacial score (nSPS) is 15.6. The standard InChI is InChI=1S/C19H23N3O4S/c1-13(2)18(17-4-3-11-27-17)20-19(23)14-5-6-15(16(12-14)22(24)25)21-7-9-26-10-8-21/h3-6,11-13,18H,7-10H2,1-2H3,(H,20,23)/t18-/m0/s1. The number of anilines is 1. The Labute approximate surface area is 162 Å². The Morgan fingerprint density at radius 3 is 2.63 bits per heavy atom. The number of hydrogen-bond acceptors (Lipinski definition) is 6. The SMILES string of the molecule is CC(C)[C@H](NC(=O)c1ccc(N2CCOCC2)c([N+](=O)[O-])c1)c1cccs1. The van der Waals surface area contributed by atoms with E-state index < -0.39 is 4.92 Å². The molecule has 8 heteroatoms. The molecule has 1 N–H and O–H groups in total. The number of nitrogens with one attached hydrogen (secondary N) is 1. The van der Waals surface area contributed by atoms with Crippen molar-refractivity contribution < 1.29 is 14.5 Å². The number of nitrogens with zero attached hydrogens (tertiary/aromatic N) is 2. The highest BCUT2D eigenvalue weighted by Crippen LogP contribution is 2.31. The van der Waals surface area contributed by atoms with E-state index >= 15 is 0 Å². The summed E-state index contributed by atoms with van der Waals surface area (Å²) >= 11 is 1.58. The lowest BCUT2D eigenvalue weighted by Crippen LogP contribution is -2.36. The third kappa shape index (κ3) is 4.45. The topological polar surface area (TPSA) is 84.7 Å². The van der Waals surface area contributed by atoms with E-state index in [-0.39, 0.29) is 23.6 Å². The lowest BCUT2D eigenvalue weighted by atomic mass is 10.0. The molecule has 144 valence electrons. The molecule has 1 aliphatic rings. The number of benzene rings is 1. The second kappa shape index (κ2) is 8.49. The lowest BCUT2D eigenvalue weighted by Gasteiger charge is -2.28. The molecule has 1 aromatic carbocycles. The van der Waals surface area contributed by atoms with E-state index in [1.165, 1.54) is 6.07 Å².